The van der Waals surface area contributed by atoms with Crippen molar-refractivity contribution in [3.63, 3.8) is 0 Å². The number of nitrogens with zero attached hydrogens (tertiary/aromatic N) is 2. The summed E-state index contributed by atoms with van der Waals surface area (Å²) in [5, 5.41) is 14.0. The number of nitrogens with one attached hydrogen (secondary N) is 1. The first-order valence-electron chi connectivity index (χ1n) is 6.95. The predicted molar refractivity (Wildman–Crippen MR) is 78.8 cm³/mol. The highest BCUT2D eigenvalue weighted by Gasteiger charge is 2.43. The van der Waals surface area contributed by atoms with Gasteiger partial charge in [0.05, 0.1) is 6.20 Å². The number of thioether (sulfide) groups is 1. The second-order valence-corrected chi connectivity index (χ2v) is 6.89. The molecule has 0 saturated heterocycles. The first-order chi connectivity index (χ1) is 9.52. The van der Waals surface area contributed by atoms with Gasteiger partial charge in [0.2, 0.25) is 0 Å². The highest BCUT2D eigenvalue weighted by Crippen LogP contribution is 2.38. The molecule has 1 fully saturated rings. The molecule has 20 heavy (non-hydrogen) atoms. The second kappa shape index (κ2) is 6.54. The lowest BCUT2D eigenvalue weighted by Gasteiger charge is -2.39. The first kappa shape index (κ1) is 15.3. The smallest absolute Gasteiger partial charge is 0.323 e. The second-order valence-electron chi connectivity index (χ2n) is 5.57. The van der Waals surface area contributed by atoms with Gasteiger partial charge in [-0.2, -0.15) is 0 Å². The highest BCUT2D eigenvalue weighted by atomic mass is 32.2. The zero-order valence-corrected chi connectivity index (χ0v) is 12.7. The van der Waals surface area contributed by atoms with Gasteiger partial charge >= 0.3 is 5.97 Å². The molecule has 0 spiro atoms. The maximum atomic E-state index is 11.7. The van der Waals surface area contributed by atoms with Gasteiger partial charge in [0.1, 0.15) is 10.6 Å². The third-order valence-corrected chi connectivity index (χ3v) is 4.70. The summed E-state index contributed by atoms with van der Waals surface area (Å²) in [7, 11) is 0. The van der Waals surface area contributed by atoms with Crippen molar-refractivity contribution in [2.24, 2.45) is 0 Å². The van der Waals surface area contributed by atoms with Crippen LogP contribution in [0, 0.1) is 0 Å². The Balaban J connectivity index is 2.08. The van der Waals surface area contributed by atoms with E-state index < -0.39 is 11.5 Å². The summed E-state index contributed by atoms with van der Waals surface area (Å²) in [6.45, 7) is 3.98. The molecule has 2 unspecified atom stereocenters. The van der Waals surface area contributed by atoms with Crippen molar-refractivity contribution in [3.05, 3.63) is 18.6 Å². The predicted octanol–water partition coefficient (Wildman–Crippen LogP) is 2.33. The molecule has 1 aromatic heterocycles. The molecule has 0 amide bonds. The van der Waals surface area contributed by atoms with Crippen LogP contribution in [0.1, 0.15) is 39.5 Å². The minimum atomic E-state index is -0.799. The molecule has 0 aliphatic heterocycles. The molecule has 0 bridgehead atoms. The van der Waals surface area contributed by atoms with Crippen LogP contribution in [0.4, 0.5) is 0 Å². The average Bonchev–Trinajstić information content (AvgIpc) is 2.39. The van der Waals surface area contributed by atoms with E-state index in [9.17, 15) is 9.90 Å². The van der Waals surface area contributed by atoms with E-state index >= 15 is 0 Å². The maximum absolute atomic E-state index is 11.7. The van der Waals surface area contributed by atoms with Crippen molar-refractivity contribution in [3.8, 4) is 0 Å². The van der Waals surface area contributed by atoms with Crippen molar-refractivity contribution in [1.82, 2.24) is 15.3 Å². The normalized spacial score (nSPS) is 26.6. The molecule has 1 saturated carbocycles. The summed E-state index contributed by atoms with van der Waals surface area (Å²) in [6.07, 6.45) is 8.31. The fraction of sp³-hybridized carbons (Fsp3) is 0.643. The van der Waals surface area contributed by atoms with E-state index in [1.807, 2.05) is 13.8 Å². The molecule has 2 atom stereocenters. The fourth-order valence-electron chi connectivity index (χ4n) is 2.78. The van der Waals surface area contributed by atoms with Gasteiger partial charge in [-0.05, 0) is 39.5 Å². The van der Waals surface area contributed by atoms with Gasteiger partial charge in [0, 0.05) is 23.7 Å². The Bertz CT molecular complexity index is 455. The van der Waals surface area contributed by atoms with Crippen LogP contribution in [0.15, 0.2) is 23.6 Å². The van der Waals surface area contributed by atoms with Gasteiger partial charge in [-0.25, -0.2) is 4.98 Å². The van der Waals surface area contributed by atoms with Crippen molar-refractivity contribution in [1.29, 1.82) is 0 Å². The van der Waals surface area contributed by atoms with Gasteiger partial charge in [-0.1, -0.05) is 0 Å². The summed E-state index contributed by atoms with van der Waals surface area (Å²) in [5.74, 6) is -0.740. The number of hydrogen-bond acceptors (Lipinski definition) is 5. The van der Waals surface area contributed by atoms with E-state index in [-0.39, 0.29) is 11.3 Å². The van der Waals surface area contributed by atoms with Crippen molar-refractivity contribution in [2.75, 3.05) is 0 Å². The maximum Gasteiger partial charge on any atom is 0.323 e. The number of aromatic nitrogens is 2. The Morgan fingerprint density at radius 1 is 1.55 bits per heavy atom. The molecule has 1 heterocycles. The van der Waals surface area contributed by atoms with E-state index in [0.29, 0.717) is 12.8 Å². The molecule has 1 aromatic rings. The van der Waals surface area contributed by atoms with E-state index in [2.05, 4.69) is 15.3 Å². The van der Waals surface area contributed by atoms with Crippen LogP contribution >= 0.6 is 11.8 Å². The largest absolute Gasteiger partial charge is 0.480 e. The van der Waals surface area contributed by atoms with Crippen LogP contribution in [-0.2, 0) is 4.79 Å². The Hall–Kier alpha value is -1.14. The average molecular weight is 295 g/mol. The third-order valence-electron chi connectivity index (χ3n) is 3.51. The van der Waals surface area contributed by atoms with E-state index in [1.165, 1.54) is 0 Å². The molecule has 1 aliphatic carbocycles. The van der Waals surface area contributed by atoms with Crippen molar-refractivity contribution < 1.29 is 9.90 Å². The van der Waals surface area contributed by atoms with Gasteiger partial charge in [0.15, 0.2) is 0 Å². The zero-order valence-electron chi connectivity index (χ0n) is 11.9. The summed E-state index contributed by atoms with van der Waals surface area (Å²) in [6, 6.07) is 0.159. The van der Waals surface area contributed by atoms with Gasteiger partial charge in [-0.15, -0.1) is 11.8 Å². The zero-order chi connectivity index (χ0) is 14.6. The van der Waals surface area contributed by atoms with Crippen LogP contribution in [0.5, 0.6) is 0 Å². The lowest BCUT2D eigenvalue weighted by molar-refractivity contribution is -0.146. The SMILES string of the molecule is CC(C)NC1(C(=O)O)CCCC(Sc2cnccn2)C1. The summed E-state index contributed by atoms with van der Waals surface area (Å²) < 4.78 is 0. The number of carboxylic acids is 1. The standard InChI is InChI=1S/C14H21N3O2S/c1-10(2)17-14(13(18)19)5-3-4-11(8-14)20-12-9-15-6-7-16-12/h6-7,9-11,17H,3-5,8H2,1-2H3,(H,18,19). The van der Waals surface area contributed by atoms with Crippen molar-refractivity contribution >= 4 is 17.7 Å². The van der Waals surface area contributed by atoms with Crippen molar-refractivity contribution in [2.45, 2.75) is 61.4 Å². The lowest BCUT2D eigenvalue weighted by Crippen LogP contribution is -2.57. The molecule has 0 radical (unpaired) electrons. The number of aliphatic carboxylic acids is 1. The Labute approximate surface area is 123 Å². The first-order valence-corrected chi connectivity index (χ1v) is 7.83. The molecule has 2 N–H and O–H groups in total. The minimum Gasteiger partial charge on any atom is -0.480 e. The molecule has 2 rings (SSSR count). The monoisotopic (exact) mass is 295 g/mol. The lowest BCUT2D eigenvalue weighted by atomic mass is 9.81. The summed E-state index contributed by atoms with van der Waals surface area (Å²) in [4.78, 5) is 20.0. The minimum absolute atomic E-state index is 0.159. The molecular formula is C14H21N3O2S. The quantitative estimate of drug-likeness (QED) is 0.868. The molecule has 6 heteroatoms. The molecule has 0 aromatic carbocycles. The van der Waals surface area contributed by atoms with Gasteiger partial charge in [-0.3, -0.25) is 15.1 Å². The van der Waals surface area contributed by atoms with Gasteiger partial charge < -0.3 is 5.11 Å². The summed E-state index contributed by atoms with van der Waals surface area (Å²) >= 11 is 1.63. The van der Waals surface area contributed by atoms with Crippen LogP contribution in [0.3, 0.4) is 0 Å². The molecule has 110 valence electrons. The van der Waals surface area contributed by atoms with Crippen LogP contribution in [0.25, 0.3) is 0 Å². The molecule has 1 aliphatic rings. The van der Waals surface area contributed by atoms with Crippen LogP contribution in [-0.4, -0.2) is 37.9 Å². The Morgan fingerprint density at radius 2 is 2.35 bits per heavy atom. The number of carbonyl (C=O) groups is 1. The van der Waals surface area contributed by atoms with E-state index in [1.54, 1.807) is 30.4 Å². The fourth-order valence-corrected chi connectivity index (χ4v) is 4.02. The molecular weight excluding hydrogens is 274 g/mol. The number of rotatable bonds is 5. The topological polar surface area (TPSA) is 75.1 Å². The van der Waals surface area contributed by atoms with E-state index in [4.69, 9.17) is 0 Å². The van der Waals surface area contributed by atoms with Crippen LogP contribution < -0.4 is 5.32 Å². The number of carboxylic acid groups (broad SMARTS) is 1. The molecule has 5 nitrogen and oxygen atoms in total. The van der Waals surface area contributed by atoms with E-state index in [0.717, 1.165) is 17.9 Å². The number of hydrogen-bond donors (Lipinski definition) is 2. The highest BCUT2D eigenvalue weighted by molar-refractivity contribution is 7.99. The Morgan fingerprint density at radius 3 is 2.95 bits per heavy atom. The van der Waals surface area contributed by atoms with Gasteiger partial charge in [0.25, 0.3) is 0 Å². The summed E-state index contributed by atoms with van der Waals surface area (Å²) in [5.41, 5.74) is -0.799. The third kappa shape index (κ3) is 3.70. The Kier molecular flexibility index (Phi) is 4.99. The van der Waals surface area contributed by atoms with Crippen LogP contribution in [0.2, 0.25) is 0 Å².